The summed E-state index contributed by atoms with van der Waals surface area (Å²) in [5, 5.41) is 0.228. The minimum atomic E-state index is -0.831. The van der Waals surface area contributed by atoms with Gasteiger partial charge in [0.25, 0.3) is 5.56 Å². The van der Waals surface area contributed by atoms with E-state index in [2.05, 4.69) is 14.7 Å². The number of aryl methyl sites for hydroxylation is 1. The summed E-state index contributed by atoms with van der Waals surface area (Å²) in [6.45, 7) is 1.80. The highest BCUT2D eigenvalue weighted by atomic mass is 16.7. The third kappa shape index (κ3) is 4.22. The molecule has 0 aliphatic heterocycles. The van der Waals surface area contributed by atoms with Crippen molar-refractivity contribution in [3.63, 3.8) is 0 Å². The largest absolute Gasteiger partial charge is 0.448 e. The van der Waals surface area contributed by atoms with Gasteiger partial charge in [0.05, 0.1) is 6.61 Å². The lowest BCUT2D eigenvalue weighted by molar-refractivity contribution is 0.0992. The maximum absolute atomic E-state index is 12.4. The first-order valence-corrected chi connectivity index (χ1v) is 8.73. The van der Waals surface area contributed by atoms with Gasteiger partial charge in [-0.2, -0.15) is 4.98 Å². The van der Waals surface area contributed by atoms with Crippen LogP contribution in [0.5, 0.6) is 6.01 Å². The van der Waals surface area contributed by atoms with Crippen LogP contribution in [-0.4, -0.2) is 22.7 Å². The van der Waals surface area contributed by atoms with Crippen molar-refractivity contribution in [2.24, 2.45) is 5.92 Å². The number of hydrogen-bond acceptors (Lipinski definition) is 7. The Kier molecular flexibility index (Phi) is 5.55. The minimum Gasteiger partial charge on any atom is -0.448 e. The Labute approximate surface area is 148 Å². The average molecular weight is 363 g/mol. The summed E-state index contributed by atoms with van der Waals surface area (Å²) in [5.74, 6) is 0.626. The van der Waals surface area contributed by atoms with Crippen LogP contribution >= 0.6 is 0 Å². The van der Waals surface area contributed by atoms with E-state index in [1.54, 1.807) is 6.92 Å². The summed E-state index contributed by atoms with van der Waals surface area (Å²) < 4.78 is 9.67. The Morgan fingerprint density at radius 1 is 1.38 bits per heavy atom. The standard InChI is InChI=1S/C17H21N3O6/c1-2-24-17(23)20-26-16-18-14(22)13-11(8-7-10-5-3-4-6-10)9-12(21)25-15(13)19-16/h9-10H,2-8H2,1H3,(H,20,23)(H,18,19,22). The molecule has 1 fully saturated rings. The molecule has 1 aliphatic carbocycles. The fourth-order valence-electron chi connectivity index (χ4n) is 3.28. The monoisotopic (exact) mass is 363 g/mol. The van der Waals surface area contributed by atoms with E-state index >= 15 is 0 Å². The molecule has 140 valence electrons. The van der Waals surface area contributed by atoms with Gasteiger partial charge in [-0.15, -0.1) is 5.48 Å². The predicted molar refractivity (Wildman–Crippen MR) is 92.0 cm³/mol. The topological polar surface area (TPSA) is 124 Å². The molecular weight excluding hydrogens is 342 g/mol. The molecule has 1 aliphatic rings. The van der Waals surface area contributed by atoms with Crippen molar-refractivity contribution >= 4 is 17.2 Å². The molecule has 2 N–H and O–H groups in total. The number of ether oxygens (including phenoxy) is 1. The van der Waals surface area contributed by atoms with Gasteiger partial charge in [-0.3, -0.25) is 9.78 Å². The Bertz CT molecular complexity index is 897. The van der Waals surface area contributed by atoms with Crippen LogP contribution in [0, 0.1) is 5.92 Å². The molecule has 0 spiro atoms. The highest BCUT2D eigenvalue weighted by molar-refractivity contribution is 5.75. The molecule has 0 unspecified atom stereocenters. The summed E-state index contributed by atoms with van der Waals surface area (Å²) >= 11 is 0. The molecule has 0 aromatic carbocycles. The Hall–Kier alpha value is -2.84. The number of nitrogens with one attached hydrogen (secondary N) is 2. The number of amides is 1. The first-order valence-electron chi connectivity index (χ1n) is 8.73. The summed E-state index contributed by atoms with van der Waals surface area (Å²) in [6, 6.07) is 1.04. The molecule has 0 atom stereocenters. The quantitative estimate of drug-likeness (QED) is 0.753. The zero-order valence-corrected chi connectivity index (χ0v) is 14.5. The smallest absolute Gasteiger partial charge is 0.440 e. The van der Waals surface area contributed by atoms with Crippen LogP contribution in [0.1, 0.15) is 44.6 Å². The van der Waals surface area contributed by atoms with Gasteiger partial charge in [-0.25, -0.2) is 9.59 Å². The molecular formula is C17H21N3O6. The van der Waals surface area contributed by atoms with E-state index in [-0.39, 0.29) is 23.7 Å². The molecule has 1 saturated carbocycles. The van der Waals surface area contributed by atoms with E-state index in [0.717, 1.165) is 6.42 Å². The van der Waals surface area contributed by atoms with Crippen molar-refractivity contribution in [1.29, 1.82) is 0 Å². The summed E-state index contributed by atoms with van der Waals surface area (Å²) in [6.07, 6.45) is 5.54. The first kappa shape index (κ1) is 18.0. The van der Waals surface area contributed by atoms with E-state index in [1.807, 2.05) is 5.48 Å². The van der Waals surface area contributed by atoms with Crippen molar-refractivity contribution in [2.75, 3.05) is 6.61 Å². The number of hydrogen-bond donors (Lipinski definition) is 2. The Balaban J connectivity index is 1.84. The maximum atomic E-state index is 12.4. The lowest BCUT2D eigenvalue weighted by Crippen LogP contribution is -2.29. The lowest BCUT2D eigenvalue weighted by Gasteiger charge is -2.10. The second-order valence-electron chi connectivity index (χ2n) is 6.26. The van der Waals surface area contributed by atoms with Crippen molar-refractivity contribution in [3.05, 3.63) is 32.4 Å². The number of fused-ring (bicyclic) bond motifs is 1. The van der Waals surface area contributed by atoms with E-state index < -0.39 is 17.3 Å². The Morgan fingerprint density at radius 2 is 2.15 bits per heavy atom. The van der Waals surface area contributed by atoms with Crippen LogP contribution in [0.25, 0.3) is 11.1 Å². The number of aromatic amines is 1. The minimum absolute atomic E-state index is 0.122. The summed E-state index contributed by atoms with van der Waals surface area (Å²) in [5.41, 5.74) is 1.38. The SMILES string of the molecule is CCOC(=O)NOc1nc2oc(=O)cc(CCC3CCCC3)c2c(=O)[nH]1. The van der Waals surface area contributed by atoms with Crippen molar-refractivity contribution in [2.45, 2.75) is 45.4 Å². The molecule has 0 radical (unpaired) electrons. The second-order valence-corrected chi connectivity index (χ2v) is 6.26. The summed E-state index contributed by atoms with van der Waals surface area (Å²) in [4.78, 5) is 46.7. The molecule has 9 heteroatoms. The van der Waals surface area contributed by atoms with Gasteiger partial charge in [-0.1, -0.05) is 25.7 Å². The van der Waals surface area contributed by atoms with Crippen LogP contribution in [0.15, 0.2) is 20.1 Å². The molecule has 2 heterocycles. The molecule has 2 aromatic rings. The molecule has 0 bridgehead atoms. The van der Waals surface area contributed by atoms with E-state index in [1.165, 1.54) is 31.7 Å². The van der Waals surface area contributed by atoms with Gasteiger partial charge in [-0.05, 0) is 31.2 Å². The van der Waals surface area contributed by atoms with E-state index in [9.17, 15) is 14.4 Å². The van der Waals surface area contributed by atoms with Crippen molar-refractivity contribution in [3.8, 4) is 6.01 Å². The van der Waals surface area contributed by atoms with Crippen molar-refractivity contribution in [1.82, 2.24) is 15.4 Å². The number of hydroxylamine groups is 1. The van der Waals surface area contributed by atoms with Crippen LogP contribution in [-0.2, 0) is 11.2 Å². The van der Waals surface area contributed by atoms with E-state index in [0.29, 0.717) is 17.9 Å². The third-order valence-electron chi connectivity index (χ3n) is 4.48. The molecule has 2 aromatic heterocycles. The molecule has 9 nitrogen and oxygen atoms in total. The highest BCUT2D eigenvalue weighted by Gasteiger charge is 2.18. The normalized spacial score (nSPS) is 14.5. The van der Waals surface area contributed by atoms with Crippen LogP contribution in [0.2, 0.25) is 0 Å². The highest BCUT2D eigenvalue weighted by Crippen LogP contribution is 2.29. The van der Waals surface area contributed by atoms with Gasteiger partial charge in [0.15, 0.2) is 0 Å². The number of aromatic nitrogens is 2. The van der Waals surface area contributed by atoms with Gasteiger partial charge in [0.2, 0.25) is 5.71 Å². The number of carbonyl (C=O) groups is 1. The average Bonchev–Trinajstić information content (AvgIpc) is 3.11. The van der Waals surface area contributed by atoms with Crippen LogP contribution in [0.3, 0.4) is 0 Å². The van der Waals surface area contributed by atoms with Gasteiger partial charge in [0, 0.05) is 6.07 Å². The van der Waals surface area contributed by atoms with Gasteiger partial charge in [0.1, 0.15) is 5.39 Å². The zero-order chi connectivity index (χ0) is 18.5. The zero-order valence-electron chi connectivity index (χ0n) is 14.5. The van der Waals surface area contributed by atoms with E-state index in [4.69, 9.17) is 9.25 Å². The number of rotatable bonds is 6. The second kappa shape index (κ2) is 8.03. The van der Waals surface area contributed by atoms with Gasteiger partial charge < -0.3 is 14.0 Å². The molecule has 0 saturated heterocycles. The van der Waals surface area contributed by atoms with Gasteiger partial charge >= 0.3 is 17.7 Å². The maximum Gasteiger partial charge on any atom is 0.440 e. The van der Waals surface area contributed by atoms with Crippen molar-refractivity contribution < 1.29 is 18.8 Å². The molecule has 26 heavy (non-hydrogen) atoms. The third-order valence-corrected chi connectivity index (χ3v) is 4.48. The number of H-pyrrole nitrogens is 1. The fraction of sp³-hybridized carbons (Fsp3) is 0.529. The lowest BCUT2D eigenvalue weighted by atomic mass is 9.97. The number of carbonyl (C=O) groups excluding carboxylic acids is 1. The summed E-state index contributed by atoms with van der Waals surface area (Å²) in [7, 11) is 0. The molecule has 3 rings (SSSR count). The molecule has 1 amide bonds. The predicted octanol–water partition coefficient (Wildman–Crippen LogP) is 2.04. The number of nitrogens with zero attached hydrogens (tertiary/aromatic N) is 1. The first-order chi connectivity index (χ1) is 12.6. The fourth-order valence-corrected chi connectivity index (χ4v) is 3.28. The van der Waals surface area contributed by atoms with Crippen LogP contribution in [0.4, 0.5) is 4.79 Å². The van der Waals surface area contributed by atoms with Crippen LogP contribution < -0.4 is 21.5 Å². The Morgan fingerprint density at radius 3 is 2.88 bits per heavy atom.